The second kappa shape index (κ2) is 9.27. The lowest BCUT2D eigenvalue weighted by atomic mass is 9.94. The van der Waals surface area contributed by atoms with E-state index in [9.17, 15) is 19.2 Å². The number of hydrogen-bond acceptors (Lipinski definition) is 7. The van der Waals surface area contributed by atoms with Gasteiger partial charge in [0.05, 0.1) is 18.7 Å². The fourth-order valence-corrected chi connectivity index (χ4v) is 4.39. The molecule has 0 radical (unpaired) electrons. The lowest BCUT2D eigenvalue weighted by molar-refractivity contribution is -0.142. The van der Waals surface area contributed by atoms with Crippen molar-refractivity contribution in [1.82, 2.24) is 9.88 Å². The first-order valence-electron chi connectivity index (χ1n) is 10.3. The predicted molar refractivity (Wildman–Crippen MR) is 120 cm³/mol. The number of benzene rings is 2. The summed E-state index contributed by atoms with van der Waals surface area (Å²) in [5.74, 6) is -1.34. The van der Waals surface area contributed by atoms with E-state index in [0.29, 0.717) is 40.4 Å². The Hall–Kier alpha value is -3.59. The molecule has 32 heavy (non-hydrogen) atoms. The molecule has 3 amide bonds. The van der Waals surface area contributed by atoms with Crippen molar-refractivity contribution in [3.8, 4) is 0 Å². The number of esters is 1. The maximum atomic E-state index is 12.9. The van der Waals surface area contributed by atoms with Gasteiger partial charge in [-0.05, 0) is 30.9 Å². The number of carbonyl (C=O) groups excluding carboxylic acids is 4. The Balaban J connectivity index is 1.33. The molecular formula is C23H21N3O5S. The average molecular weight is 452 g/mol. The van der Waals surface area contributed by atoms with Gasteiger partial charge in [-0.25, -0.2) is 4.98 Å². The number of hydrogen-bond donors (Lipinski definition) is 1. The molecular weight excluding hydrogens is 430 g/mol. The van der Waals surface area contributed by atoms with Crippen LogP contribution in [0.15, 0.2) is 41.8 Å². The summed E-state index contributed by atoms with van der Waals surface area (Å²) in [7, 11) is 0. The monoisotopic (exact) mass is 451 g/mol. The molecule has 0 unspecified atom stereocenters. The molecule has 9 heteroatoms. The van der Waals surface area contributed by atoms with Crippen LogP contribution >= 0.6 is 11.3 Å². The molecule has 3 aromatic rings. The van der Waals surface area contributed by atoms with Gasteiger partial charge < -0.3 is 10.1 Å². The Morgan fingerprint density at radius 2 is 1.78 bits per heavy atom. The first-order valence-corrected chi connectivity index (χ1v) is 11.1. The minimum atomic E-state index is -0.371. The lowest BCUT2D eigenvalue weighted by Crippen LogP contribution is -2.41. The van der Waals surface area contributed by atoms with E-state index in [4.69, 9.17) is 4.74 Å². The van der Waals surface area contributed by atoms with E-state index in [1.807, 2.05) is 12.1 Å². The molecule has 0 aliphatic carbocycles. The summed E-state index contributed by atoms with van der Waals surface area (Å²) in [6.07, 6.45) is 0.492. The smallest absolute Gasteiger partial charge is 0.311 e. The van der Waals surface area contributed by atoms with Gasteiger partial charge in [-0.3, -0.25) is 24.1 Å². The van der Waals surface area contributed by atoms with Crippen LogP contribution in [0.5, 0.6) is 0 Å². The summed E-state index contributed by atoms with van der Waals surface area (Å²) in [6.45, 7) is 2.17. The molecule has 1 aromatic heterocycles. The third kappa shape index (κ3) is 4.38. The van der Waals surface area contributed by atoms with Crippen LogP contribution in [0.4, 0.5) is 5.13 Å². The summed E-state index contributed by atoms with van der Waals surface area (Å²) >= 11 is 1.22. The van der Waals surface area contributed by atoms with Gasteiger partial charge >= 0.3 is 5.97 Å². The standard InChI is InChI=1S/C23H21N3O5S/c1-2-31-19(28)12-15-13-32-23(24-15)25-18(27)10-5-11-26-21(29)16-8-3-6-14-7-4-9-17(20(14)16)22(26)30/h3-4,6-9,13H,2,5,10-12H2,1H3,(H,24,25,27). The highest BCUT2D eigenvalue weighted by atomic mass is 32.1. The molecule has 2 heterocycles. The van der Waals surface area contributed by atoms with Crippen LogP contribution in [-0.2, 0) is 20.7 Å². The Bertz CT molecular complexity index is 1170. The number of ether oxygens (including phenoxy) is 1. The first kappa shape index (κ1) is 21.6. The number of nitrogens with one attached hydrogen (secondary N) is 1. The second-order valence-corrected chi connectivity index (χ2v) is 8.11. The van der Waals surface area contributed by atoms with Crippen molar-refractivity contribution >= 4 is 50.9 Å². The number of imide groups is 1. The molecule has 0 saturated heterocycles. The van der Waals surface area contributed by atoms with E-state index in [2.05, 4.69) is 10.3 Å². The van der Waals surface area contributed by atoms with Crippen LogP contribution in [-0.4, -0.2) is 46.7 Å². The zero-order valence-electron chi connectivity index (χ0n) is 17.4. The van der Waals surface area contributed by atoms with Gasteiger partial charge in [0.1, 0.15) is 0 Å². The average Bonchev–Trinajstić information content (AvgIpc) is 3.20. The minimum absolute atomic E-state index is 0.0492. The highest BCUT2D eigenvalue weighted by Crippen LogP contribution is 2.30. The summed E-state index contributed by atoms with van der Waals surface area (Å²) in [4.78, 5) is 55.0. The number of aromatic nitrogens is 1. The van der Waals surface area contributed by atoms with E-state index < -0.39 is 0 Å². The van der Waals surface area contributed by atoms with Crippen molar-refractivity contribution in [3.63, 3.8) is 0 Å². The normalized spacial score (nSPS) is 12.8. The Morgan fingerprint density at radius 3 is 2.44 bits per heavy atom. The van der Waals surface area contributed by atoms with Crippen molar-refractivity contribution in [2.24, 2.45) is 0 Å². The molecule has 164 valence electrons. The van der Waals surface area contributed by atoms with Crippen LogP contribution in [0.1, 0.15) is 46.2 Å². The summed E-state index contributed by atoms with van der Waals surface area (Å²) in [6, 6.07) is 10.8. The van der Waals surface area contributed by atoms with Crippen LogP contribution in [0, 0.1) is 0 Å². The molecule has 0 spiro atoms. The number of carbonyl (C=O) groups is 4. The van der Waals surface area contributed by atoms with E-state index in [1.54, 1.807) is 36.6 Å². The predicted octanol–water partition coefficient (Wildman–Crippen LogP) is 3.42. The molecule has 1 aliphatic rings. The molecule has 4 rings (SSSR count). The summed E-state index contributed by atoms with van der Waals surface area (Å²) < 4.78 is 4.88. The van der Waals surface area contributed by atoms with Crippen LogP contribution in [0.2, 0.25) is 0 Å². The number of thiazole rings is 1. The molecule has 2 aromatic carbocycles. The highest BCUT2D eigenvalue weighted by molar-refractivity contribution is 7.13. The van der Waals surface area contributed by atoms with Gasteiger partial charge in [0.15, 0.2) is 5.13 Å². The van der Waals surface area contributed by atoms with Crippen molar-refractivity contribution < 1.29 is 23.9 Å². The van der Waals surface area contributed by atoms with Crippen molar-refractivity contribution in [3.05, 3.63) is 58.6 Å². The molecule has 0 atom stereocenters. The molecule has 0 saturated carbocycles. The van der Waals surface area contributed by atoms with Gasteiger partial charge in [0.25, 0.3) is 11.8 Å². The minimum Gasteiger partial charge on any atom is -0.466 e. The van der Waals surface area contributed by atoms with Crippen molar-refractivity contribution in [2.75, 3.05) is 18.5 Å². The van der Waals surface area contributed by atoms with E-state index in [0.717, 1.165) is 5.39 Å². The third-order valence-electron chi connectivity index (χ3n) is 5.07. The highest BCUT2D eigenvalue weighted by Gasteiger charge is 2.32. The van der Waals surface area contributed by atoms with Gasteiger partial charge in [-0.15, -0.1) is 11.3 Å². The van der Waals surface area contributed by atoms with Crippen LogP contribution in [0.3, 0.4) is 0 Å². The topological polar surface area (TPSA) is 106 Å². The van der Waals surface area contributed by atoms with Crippen LogP contribution < -0.4 is 5.32 Å². The largest absolute Gasteiger partial charge is 0.466 e. The zero-order chi connectivity index (χ0) is 22.7. The Kier molecular flexibility index (Phi) is 6.27. The SMILES string of the molecule is CCOC(=O)Cc1csc(NC(=O)CCCN2C(=O)c3cccc4cccc(c34)C2=O)n1. The number of rotatable bonds is 8. The number of amides is 3. The Morgan fingerprint density at radius 1 is 1.09 bits per heavy atom. The van der Waals surface area contributed by atoms with Gasteiger partial charge in [-0.1, -0.05) is 24.3 Å². The maximum absolute atomic E-state index is 12.9. The number of nitrogens with zero attached hydrogens (tertiary/aromatic N) is 2. The quantitative estimate of drug-likeness (QED) is 0.416. The van der Waals surface area contributed by atoms with E-state index in [-0.39, 0.29) is 43.1 Å². The zero-order valence-corrected chi connectivity index (χ0v) is 18.2. The second-order valence-electron chi connectivity index (χ2n) is 7.25. The Labute approximate surface area is 188 Å². The van der Waals surface area contributed by atoms with Gasteiger partial charge in [0.2, 0.25) is 5.91 Å². The summed E-state index contributed by atoms with van der Waals surface area (Å²) in [5, 5.41) is 6.30. The van der Waals surface area contributed by atoms with Gasteiger partial charge in [-0.2, -0.15) is 0 Å². The maximum Gasteiger partial charge on any atom is 0.311 e. The molecule has 0 bridgehead atoms. The van der Waals surface area contributed by atoms with Gasteiger partial charge in [0, 0.05) is 34.9 Å². The fraction of sp³-hybridized carbons (Fsp3) is 0.261. The van der Waals surface area contributed by atoms with Crippen molar-refractivity contribution in [1.29, 1.82) is 0 Å². The van der Waals surface area contributed by atoms with E-state index >= 15 is 0 Å². The van der Waals surface area contributed by atoms with E-state index in [1.165, 1.54) is 16.2 Å². The first-order chi connectivity index (χ1) is 15.5. The molecule has 1 aliphatic heterocycles. The molecule has 8 nitrogen and oxygen atoms in total. The molecule has 1 N–H and O–H groups in total. The lowest BCUT2D eigenvalue weighted by Gasteiger charge is -2.27. The number of anilines is 1. The molecule has 0 fully saturated rings. The van der Waals surface area contributed by atoms with Crippen molar-refractivity contribution in [2.45, 2.75) is 26.2 Å². The fourth-order valence-electron chi connectivity index (χ4n) is 3.67. The van der Waals surface area contributed by atoms with Crippen LogP contribution in [0.25, 0.3) is 10.8 Å². The summed E-state index contributed by atoms with van der Waals surface area (Å²) in [5.41, 5.74) is 1.53. The third-order valence-corrected chi connectivity index (χ3v) is 5.88.